The fraction of sp³-hybridized carbons (Fsp3) is 0.458. The number of carbonyl (C=O) groups excluding carboxylic acids is 1. The van der Waals surface area contributed by atoms with E-state index >= 15 is 0 Å². The molecule has 2 rings (SSSR count). The zero-order valence-corrected chi connectivity index (χ0v) is 20.5. The highest BCUT2D eigenvalue weighted by atomic mass is 32.2. The number of ether oxygens (including phenoxy) is 3. The van der Waals surface area contributed by atoms with Crippen LogP contribution >= 0.6 is 11.8 Å². The lowest BCUT2D eigenvalue weighted by molar-refractivity contribution is -0.00331. The van der Waals surface area contributed by atoms with Crippen LogP contribution in [0.4, 0.5) is 4.79 Å². The summed E-state index contributed by atoms with van der Waals surface area (Å²) in [6.07, 6.45) is 2.39. The summed E-state index contributed by atoms with van der Waals surface area (Å²) in [4.78, 5) is 11.8. The molecule has 7 nitrogen and oxygen atoms in total. The Morgan fingerprint density at radius 1 is 1.19 bits per heavy atom. The number of carbonyl (C=O) groups is 1. The Morgan fingerprint density at radius 3 is 2.44 bits per heavy atom. The lowest BCUT2D eigenvalue weighted by Crippen LogP contribution is -2.14. The Kier molecular flexibility index (Phi) is 9.38. The number of nitrogens with one attached hydrogen (secondary N) is 1. The van der Waals surface area contributed by atoms with Crippen LogP contribution in [0.3, 0.4) is 0 Å². The first-order valence-corrected chi connectivity index (χ1v) is 11.9. The van der Waals surface area contributed by atoms with Gasteiger partial charge in [0.2, 0.25) is 6.79 Å². The van der Waals surface area contributed by atoms with E-state index in [1.807, 2.05) is 38.3 Å². The minimum atomic E-state index is -0.787. The molecular weight excluding hydrogens is 426 g/mol. The molecule has 1 N–H and O–H groups in total. The number of thioether (sulfide) groups is 1. The quantitative estimate of drug-likeness (QED) is 0.166. The van der Waals surface area contributed by atoms with Crippen LogP contribution in [-0.2, 0) is 26.2 Å². The third kappa shape index (κ3) is 6.88. The summed E-state index contributed by atoms with van der Waals surface area (Å²) in [5.74, 6) is 1.11. The van der Waals surface area contributed by atoms with Crippen molar-refractivity contribution in [1.82, 2.24) is 9.78 Å². The Bertz CT molecular complexity index is 943. The Balaban J connectivity index is 2.38. The lowest BCUT2D eigenvalue weighted by Gasteiger charge is -2.20. The highest BCUT2D eigenvalue weighted by Crippen LogP contribution is 2.29. The van der Waals surface area contributed by atoms with Crippen LogP contribution in [0.25, 0.3) is 11.3 Å². The van der Waals surface area contributed by atoms with Gasteiger partial charge in [-0.3, -0.25) is 4.68 Å². The second-order valence-electron chi connectivity index (χ2n) is 8.20. The van der Waals surface area contributed by atoms with Gasteiger partial charge < -0.3 is 19.6 Å². The zero-order chi connectivity index (χ0) is 23.7. The molecule has 0 radical (unpaired) electrons. The normalized spacial score (nSPS) is 12.2. The second kappa shape index (κ2) is 11.8. The number of aryl methyl sites for hydroxylation is 2. The van der Waals surface area contributed by atoms with Crippen molar-refractivity contribution in [1.29, 1.82) is 5.41 Å². The predicted octanol–water partition coefficient (Wildman–Crippen LogP) is 5.52. The molecule has 0 unspecified atom stereocenters. The molecule has 1 aromatic carbocycles. The molecule has 0 aliphatic rings. The van der Waals surface area contributed by atoms with E-state index in [2.05, 4.69) is 38.0 Å². The highest BCUT2D eigenvalue weighted by Gasteiger charge is 2.19. The summed E-state index contributed by atoms with van der Waals surface area (Å²) in [7, 11) is 0. The van der Waals surface area contributed by atoms with Crippen molar-refractivity contribution in [3.05, 3.63) is 52.8 Å². The summed E-state index contributed by atoms with van der Waals surface area (Å²) in [5.41, 5.74) is 4.15. The first kappa shape index (κ1) is 25.5. The monoisotopic (exact) mass is 459 g/mol. The van der Waals surface area contributed by atoms with E-state index < -0.39 is 6.16 Å². The van der Waals surface area contributed by atoms with Gasteiger partial charge in [-0.05, 0) is 42.7 Å². The molecule has 0 saturated heterocycles. The molecule has 0 amide bonds. The van der Waals surface area contributed by atoms with Crippen molar-refractivity contribution in [2.24, 2.45) is 0 Å². The maximum Gasteiger partial charge on any atom is 0.511 e. The average molecular weight is 460 g/mol. The summed E-state index contributed by atoms with van der Waals surface area (Å²) in [6.45, 7) is 10.9. The van der Waals surface area contributed by atoms with Crippen molar-refractivity contribution in [3.8, 4) is 0 Å². The lowest BCUT2D eigenvalue weighted by atomic mass is 9.86. The first-order chi connectivity index (χ1) is 15.2. The molecule has 0 fully saturated rings. The van der Waals surface area contributed by atoms with Gasteiger partial charge in [0.15, 0.2) is 5.76 Å². The molecule has 2 aromatic rings. The number of hydrogen-bond donors (Lipinski definition) is 1. The standard InChI is InChI=1S/C24H33N3O4S/c1-7-27-21(14-17(2)26-27)22(30-16-31-23(28)29-12-13-32-6)20(15-25)18-8-10-19(11-9-18)24(3,4)5/h8-11,14-15,25H,7,12-13,16H2,1-6H3/b22-20-,25-15?. The average Bonchev–Trinajstić information content (AvgIpc) is 3.13. The number of benzene rings is 1. The molecule has 1 heterocycles. The fourth-order valence-electron chi connectivity index (χ4n) is 3.08. The molecule has 0 spiro atoms. The minimum absolute atomic E-state index is 0.0227. The smallest absolute Gasteiger partial charge is 0.454 e. The van der Waals surface area contributed by atoms with Crippen molar-refractivity contribution < 1.29 is 19.0 Å². The van der Waals surface area contributed by atoms with Crippen LogP contribution in [0, 0.1) is 12.3 Å². The number of hydrogen-bond acceptors (Lipinski definition) is 7. The molecular formula is C24H33N3O4S. The molecule has 32 heavy (non-hydrogen) atoms. The SMILES string of the molecule is CCn1nc(C)cc1/C(OCOC(=O)OCCSC)=C(\C=N)c1ccc(C(C)(C)C)cc1. The predicted molar refractivity (Wildman–Crippen MR) is 130 cm³/mol. The van der Waals surface area contributed by atoms with Gasteiger partial charge in [-0.1, -0.05) is 45.0 Å². The van der Waals surface area contributed by atoms with Crippen LogP contribution in [-0.4, -0.2) is 47.6 Å². The molecule has 174 valence electrons. The molecule has 0 saturated carbocycles. The largest absolute Gasteiger partial charge is 0.511 e. The Morgan fingerprint density at radius 2 is 1.88 bits per heavy atom. The molecule has 0 aliphatic carbocycles. The van der Waals surface area contributed by atoms with Crippen LogP contribution in [0.1, 0.15) is 50.2 Å². The Labute approximate surface area is 194 Å². The van der Waals surface area contributed by atoms with E-state index in [1.165, 1.54) is 11.8 Å². The molecule has 1 aromatic heterocycles. The van der Waals surface area contributed by atoms with E-state index in [-0.39, 0.29) is 18.8 Å². The number of allylic oxidation sites excluding steroid dienone is 1. The van der Waals surface area contributed by atoms with Crippen molar-refractivity contribution in [2.75, 3.05) is 25.4 Å². The summed E-state index contributed by atoms with van der Waals surface area (Å²) >= 11 is 1.58. The van der Waals surface area contributed by atoms with Gasteiger partial charge in [0.1, 0.15) is 12.3 Å². The van der Waals surface area contributed by atoms with Gasteiger partial charge in [0, 0.05) is 24.1 Å². The number of rotatable bonds is 10. The van der Waals surface area contributed by atoms with E-state index in [1.54, 1.807) is 16.4 Å². The van der Waals surface area contributed by atoms with Crippen LogP contribution in [0.15, 0.2) is 30.3 Å². The van der Waals surface area contributed by atoms with Gasteiger partial charge >= 0.3 is 6.16 Å². The van der Waals surface area contributed by atoms with Crippen molar-refractivity contribution >= 4 is 35.5 Å². The molecule has 8 heteroatoms. The van der Waals surface area contributed by atoms with E-state index in [9.17, 15) is 4.79 Å². The fourth-order valence-corrected chi connectivity index (χ4v) is 3.33. The minimum Gasteiger partial charge on any atom is -0.454 e. The topological polar surface area (TPSA) is 86.4 Å². The zero-order valence-electron chi connectivity index (χ0n) is 19.7. The summed E-state index contributed by atoms with van der Waals surface area (Å²) < 4.78 is 17.8. The van der Waals surface area contributed by atoms with Crippen LogP contribution in [0.5, 0.6) is 0 Å². The van der Waals surface area contributed by atoms with Gasteiger partial charge in [0.25, 0.3) is 0 Å². The van der Waals surface area contributed by atoms with Gasteiger partial charge in [-0.25, -0.2) is 4.79 Å². The first-order valence-electron chi connectivity index (χ1n) is 10.5. The van der Waals surface area contributed by atoms with E-state index in [0.717, 1.165) is 11.3 Å². The molecule has 0 bridgehead atoms. The van der Waals surface area contributed by atoms with Crippen molar-refractivity contribution in [3.63, 3.8) is 0 Å². The maximum atomic E-state index is 11.8. The molecule has 0 aliphatic heterocycles. The van der Waals surface area contributed by atoms with E-state index in [0.29, 0.717) is 29.3 Å². The molecule has 0 atom stereocenters. The van der Waals surface area contributed by atoms with Crippen molar-refractivity contribution in [2.45, 2.75) is 46.6 Å². The summed E-state index contributed by atoms with van der Waals surface area (Å²) in [6, 6.07) is 9.95. The van der Waals surface area contributed by atoms with Gasteiger partial charge in [0.05, 0.1) is 5.69 Å². The second-order valence-corrected chi connectivity index (χ2v) is 9.18. The maximum absolute atomic E-state index is 11.8. The number of nitrogens with zero attached hydrogens (tertiary/aromatic N) is 2. The Hall–Kier alpha value is -2.74. The van der Waals surface area contributed by atoms with E-state index in [4.69, 9.17) is 19.6 Å². The summed E-state index contributed by atoms with van der Waals surface area (Å²) in [5, 5.41) is 12.6. The number of aromatic nitrogens is 2. The van der Waals surface area contributed by atoms with Crippen LogP contribution in [0.2, 0.25) is 0 Å². The van der Waals surface area contributed by atoms with Gasteiger partial charge in [-0.15, -0.1) is 0 Å². The highest BCUT2D eigenvalue weighted by molar-refractivity contribution is 7.98. The third-order valence-electron chi connectivity index (χ3n) is 4.77. The van der Waals surface area contributed by atoms with Gasteiger partial charge in [-0.2, -0.15) is 16.9 Å². The van der Waals surface area contributed by atoms with Crippen LogP contribution < -0.4 is 0 Å². The third-order valence-corrected chi connectivity index (χ3v) is 5.35.